The average molecular weight is 659 g/mol. The summed E-state index contributed by atoms with van der Waals surface area (Å²) in [5.41, 5.74) is 8.74. The van der Waals surface area contributed by atoms with E-state index < -0.39 is 0 Å². The molecule has 3 heterocycles. The number of nitrogens with zero attached hydrogens (tertiary/aromatic N) is 4. The van der Waals surface area contributed by atoms with Gasteiger partial charge in [0.15, 0.2) is 17.5 Å². The number of rotatable bonds is 5. The number of furan rings is 1. The van der Waals surface area contributed by atoms with Gasteiger partial charge in [0, 0.05) is 39.1 Å². The van der Waals surface area contributed by atoms with Crippen molar-refractivity contribution in [2.45, 2.75) is 0 Å². The first-order valence-corrected chi connectivity index (χ1v) is 17.3. The lowest BCUT2D eigenvalue weighted by molar-refractivity contribution is 0.669. The van der Waals surface area contributed by atoms with Gasteiger partial charge in [0.2, 0.25) is 0 Å². The molecule has 0 saturated carbocycles. The lowest BCUT2D eigenvalue weighted by Crippen LogP contribution is -2.00. The highest BCUT2D eigenvalue weighted by Crippen LogP contribution is 2.38. The number of fused-ring (bicyclic) bond motifs is 5. The summed E-state index contributed by atoms with van der Waals surface area (Å²) in [5.74, 6) is 1.84. The van der Waals surface area contributed by atoms with Crippen molar-refractivity contribution < 1.29 is 4.42 Å². The van der Waals surface area contributed by atoms with E-state index in [1.807, 2.05) is 54.6 Å². The molecule has 0 aliphatic heterocycles. The molecule has 0 saturated heterocycles. The molecule has 0 radical (unpaired) electrons. The van der Waals surface area contributed by atoms with Crippen LogP contribution in [0.2, 0.25) is 0 Å². The maximum Gasteiger partial charge on any atom is 0.164 e. The highest BCUT2D eigenvalue weighted by Gasteiger charge is 2.17. The maximum absolute atomic E-state index is 6.47. The van der Waals surface area contributed by atoms with Crippen molar-refractivity contribution in [3.63, 3.8) is 0 Å². The molecule has 0 spiro atoms. The van der Waals surface area contributed by atoms with E-state index in [0.717, 1.165) is 64.8 Å². The minimum absolute atomic E-state index is 0.593. The predicted molar refractivity (Wildman–Crippen MR) is 205 cm³/mol. The highest BCUT2D eigenvalue weighted by atomic mass is 32.1. The second kappa shape index (κ2) is 11.6. The molecule has 0 aliphatic rings. The van der Waals surface area contributed by atoms with Gasteiger partial charge >= 0.3 is 0 Å². The van der Waals surface area contributed by atoms with E-state index in [9.17, 15) is 0 Å². The van der Waals surface area contributed by atoms with Gasteiger partial charge < -0.3 is 4.42 Å². The highest BCUT2D eigenvalue weighted by molar-refractivity contribution is 7.21. The van der Waals surface area contributed by atoms with Crippen molar-refractivity contribution in [2.24, 2.45) is 0 Å². The van der Waals surface area contributed by atoms with Crippen LogP contribution in [-0.4, -0.2) is 19.9 Å². The zero-order valence-corrected chi connectivity index (χ0v) is 27.4. The molecule has 6 heteroatoms. The van der Waals surface area contributed by atoms with Crippen LogP contribution in [0.5, 0.6) is 0 Å². The first-order chi connectivity index (χ1) is 24.7. The Balaban J connectivity index is 1.04. The predicted octanol–water partition coefficient (Wildman–Crippen LogP) is 11.9. The largest absolute Gasteiger partial charge is 0.456 e. The Labute approximate surface area is 291 Å². The summed E-state index contributed by atoms with van der Waals surface area (Å²) >= 11 is 1.70. The van der Waals surface area contributed by atoms with Gasteiger partial charge in [-0.05, 0) is 46.2 Å². The molecule has 0 amide bonds. The minimum Gasteiger partial charge on any atom is -0.456 e. The van der Waals surface area contributed by atoms with Gasteiger partial charge in [-0.1, -0.05) is 127 Å². The lowest BCUT2D eigenvalue weighted by Gasteiger charge is -2.09. The third-order valence-corrected chi connectivity index (χ3v) is 10.2. The Bertz CT molecular complexity index is 2860. The van der Waals surface area contributed by atoms with Crippen LogP contribution in [0.25, 0.3) is 98.8 Å². The van der Waals surface area contributed by atoms with E-state index >= 15 is 0 Å². The van der Waals surface area contributed by atoms with Crippen molar-refractivity contribution in [2.75, 3.05) is 0 Å². The van der Waals surface area contributed by atoms with Crippen LogP contribution in [0.1, 0.15) is 0 Å². The molecule has 0 unspecified atom stereocenters. The van der Waals surface area contributed by atoms with Crippen molar-refractivity contribution in [3.05, 3.63) is 158 Å². The monoisotopic (exact) mass is 658 g/mol. The number of hydrogen-bond acceptors (Lipinski definition) is 6. The molecule has 0 atom stereocenters. The van der Waals surface area contributed by atoms with Crippen LogP contribution in [0.4, 0.5) is 0 Å². The van der Waals surface area contributed by atoms with Gasteiger partial charge in [0.05, 0.1) is 10.2 Å². The SMILES string of the molecule is c1ccc(-c2ccc(-c3nc4cc5oc6cc(-c7nc(-c8ccccc8)nc(-c8ccc9ccccc9c8)n7)ccc6c5cc4s3)cc2)cc1. The number of hydrogen-bond donors (Lipinski definition) is 0. The first-order valence-electron chi connectivity index (χ1n) is 16.5. The summed E-state index contributed by atoms with van der Waals surface area (Å²) < 4.78 is 7.60. The summed E-state index contributed by atoms with van der Waals surface area (Å²) in [6.45, 7) is 0. The second-order valence-electron chi connectivity index (χ2n) is 12.3. The van der Waals surface area contributed by atoms with Crippen molar-refractivity contribution in [1.82, 2.24) is 19.9 Å². The summed E-state index contributed by atoms with van der Waals surface area (Å²) in [4.78, 5) is 19.9. The van der Waals surface area contributed by atoms with E-state index in [2.05, 4.69) is 103 Å². The van der Waals surface area contributed by atoms with E-state index in [1.165, 1.54) is 16.5 Å². The van der Waals surface area contributed by atoms with Gasteiger partial charge in [0.1, 0.15) is 16.2 Å². The molecule has 0 aliphatic carbocycles. The molecule has 5 nitrogen and oxygen atoms in total. The van der Waals surface area contributed by atoms with Gasteiger partial charge in [-0.3, -0.25) is 0 Å². The smallest absolute Gasteiger partial charge is 0.164 e. The molecule has 10 rings (SSSR count). The molecule has 50 heavy (non-hydrogen) atoms. The second-order valence-corrected chi connectivity index (χ2v) is 13.4. The Kier molecular flexibility index (Phi) is 6.60. The normalized spacial score (nSPS) is 11.6. The van der Waals surface area contributed by atoms with Gasteiger partial charge in [0.25, 0.3) is 0 Å². The Morgan fingerprint density at radius 2 is 0.940 bits per heavy atom. The van der Waals surface area contributed by atoms with Gasteiger partial charge in [-0.15, -0.1) is 11.3 Å². The van der Waals surface area contributed by atoms with Crippen LogP contribution in [0, 0.1) is 0 Å². The van der Waals surface area contributed by atoms with Crippen LogP contribution in [0.15, 0.2) is 162 Å². The van der Waals surface area contributed by atoms with Gasteiger partial charge in [-0.2, -0.15) is 0 Å². The molecule has 7 aromatic carbocycles. The van der Waals surface area contributed by atoms with E-state index in [1.54, 1.807) is 11.3 Å². The third-order valence-electron chi connectivity index (χ3n) is 9.15. The zero-order valence-electron chi connectivity index (χ0n) is 26.6. The molecule has 3 aromatic heterocycles. The summed E-state index contributed by atoms with van der Waals surface area (Å²) in [6, 6.07) is 54.2. The molecular weight excluding hydrogens is 633 g/mol. The average Bonchev–Trinajstić information content (AvgIpc) is 3.77. The van der Waals surface area contributed by atoms with Crippen molar-refractivity contribution >= 4 is 54.3 Å². The van der Waals surface area contributed by atoms with Crippen molar-refractivity contribution in [3.8, 4) is 55.9 Å². The Morgan fingerprint density at radius 1 is 0.380 bits per heavy atom. The van der Waals surface area contributed by atoms with Crippen molar-refractivity contribution in [1.29, 1.82) is 0 Å². The standard InChI is InChI=1S/C44H26N4OS/c1-3-9-27(10-4-1)29-15-18-31(19-16-29)44-45-37-26-39-36(25-40(37)50-44)35-22-21-34(24-38(35)49-39)43-47-41(30-12-5-2-6-13-30)46-42(48-43)33-20-17-28-11-7-8-14-32(28)23-33/h1-26H. The minimum atomic E-state index is 0.593. The molecular formula is C44H26N4OS. The molecule has 0 fully saturated rings. The van der Waals surface area contributed by atoms with Crippen LogP contribution < -0.4 is 0 Å². The van der Waals surface area contributed by atoms with Crippen LogP contribution in [-0.2, 0) is 0 Å². The van der Waals surface area contributed by atoms with Gasteiger partial charge in [-0.25, -0.2) is 19.9 Å². The number of benzene rings is 7. The topological polar surface area (TPSA) is 64.7 Å². The zero-order chi connectivity index (χ0) is 33.0. The summed E-state index contributed by atoms with van der Waals surface area (Å²) in [6.07, 6.45) is 0. The summed E-state index contributed by atoms with van der Waals surface area (Å²) in [5, 5.41) is 5.41. The first kappa shape index (κ1) is 28.5. The molecule has 0 bridgehead atoms. The Hall–Kier alpha value is -6.50. The number of thiazole rings is 1. The fourth-order valence-corrected chi connectivity index (χ4v) is 7.57. The fraction of sp³-hybridized carbons (Fsp3) is 0. The third kappa shape index (κ3) is 5.02. The maximum atomic E-state index is 6.47. The lowest BCUT2D eigenvalue weighted by atomic mass is 10.0. The molecule has 0 N–H and O–H groups in total. The van der Waals surface area contributed by atoms with E-state index in [0.29, 0.717) is 17.5 Å². The van der Waals surface area contributed by atoms with E-state index in [-0.39, 0.29) is 0 Å². The van der Waals surface area contributed by atoms with E-state index in [4.69, 9.17) is 24.4 Å². The summed E-state index contributed by atoms with van der Waals surface area (Å²) in [7, 11) is 0. The van der Waals surface area contributed by atoms with Crippen LogP contribution >= 0.6 is 11.3 Å². The van der Waals surface area contributed by atoms with Crippen LogP contribution in [0.3, 0.4) is 0 Å². The Morgan fingerprint density at radius 3 is 1.70 bits per heavy atom. The number of aromatic nitrogens is 4. The quantitative estimate of drug-likeness (QED) is 0.184. The molecule has 234 valence electrons. The fourth-order valence-electron chi connectivity index (χ4n) is 6.57. The molecule has 10 aromatic rings.